The normalized spacial score (nSPS) is 12.0. The summed E-state index contributed by atoms with van der Waals surface area (Å²) in [7, 11) is -1.07. The third kappa shape index (κ3) is 8.97. The lowest BCUT2D eigenvalue weighted by Gasteiger charge is -2.34. The largest absolute Gasteiger partial charge is 0.497 e. The maximum atomic E-state index is 14.3. The Labute approximate surface area is 249 Å². The quantitative estimate of drug-likeness (QED) is 0.300. The molecule has 1 N–H and O–H groups in total. The zero-order valence-electron chi connectivity index (χ0n) is 25.2. The van der Waals surface area contributed by atoms with Crippen LogP contribution < -0.4 is 19.1 Å². The Morgan fingerprint density at radius 3 is 2.19 bits per heavy atom. The number of sulfonamides is 1. The third-order valence-corrected chi connectivity index (χ3v) is 7.85. The molecule has 0 bridgehead atoms. The van der Waals surface area contributed by atoms with Gasteiger partial charge >= 0.3 is 0 Å². The zero-order chi connectivity index (χ0) is 30.9. The van der Waals surface area contributed by atoms with E-state index in [-0.39, 0.29) is 36.2 Å². The minimum Gasteiger partial charge on any atom is -0.497 e. The van der Waals surface area contributed by atoms with Crippen LogP contribution in [-0.4, -0.2) is 64.7 Å². The third-order valence-electron chi connectivity index (χ3n) is 6.72. The van der Waals surface area contributed by atoms with Crippen molar-refractivity contribution in [2.45, 2.75) is 39.8 Å². The second kappa shape index (κ2) is 14.7. The van der Waals surface area contributed by atoms with Crippen LogP contribution in [0.3, 0.4) is 0 Å². The van der Waals surface area contributed by atoms with Gasteiger partial charge in [0.1, 0.15) is 24.1 Å². The van der Waals surface area contributed by atoms with Gasteiger partial charge in [0.05, 0.1) is 26.2 Å². The average Bonchev–Trinajstić information content (AvgIpc) is 2.96. The molecule has 0 saturated carbocycles. The smallest absolute Gasteiger partial charge is 0.244 e. The number of benzene rings is 3. The lowest BCUT2D eigenvalue weighted by atomic mass is 10.0. The minimum atomic E-state index is -3.96. The predicted octanol–water partition coefficient (Wildman–Crippen LogP) is 4.19. The van der Waals surface area contributed by atoms with E-state index in [4.69, 9.17) is 9.47 Å². The van der Waals surface area contributed by atoms with Crippen LogP contribution in [0.25, 0.3) is 0 Å². The number of ether oxygens (including phenoxy) is 2. The Kier molecular flexibility index (Phi) is 11.4. The van der Waals surface area contributed by atoms with E-state index in [1.165, 1.54) is 25.2 Å². The van der Waals surface area contributed by atoms with Crippen molar-refractivity contribution < 1.29 is 27.5 Å². The predicted molar refractivity (Wildman–Crippen MR) is 165 cm³/mol. The maximum absolute atomic E-state index is 14.3. The molecule has 0 aliphatic carbocycles. The molecule has 3 aromatic rings. The molecular formula is C32H41N3O6S. The van der Waals surface area contributed by atoms with Crippen LogP contribution in [0.4, 0.5) is 5.69 Å². The van der Waals surface area contributed by atoms with Gasteiger partial charge in [-0.2, -0.15) is 0 Å². The molecule has 226 valence electrons. The number of amides is 2. The van der Waals surface area contributed by atoms with E-state index < -0.39 is 28.5 Å². The van der Waals surface area contributed by atoms with Crippen molar-refractivity contribution >= 4 is 27.5 Å². The highest BCUT2D eigenvalue weighted by Gasteiger charge is 2.34. The van der Waals surface area contributed by atoms with E-state index in [9.17, 15) is 18.0 Å². The number of hydrogen-bond donors (Lipinski definition) is 1. The number of carbonyl (C=O) groups is 2. The summed E-state index contributed by atoms with van der Waals surface area (Å²) >= 11 is 0. The zero-order valence-corrected chi connectivity index (χ0v) is 26.0. The van der Waals surface area contributed by atoms with Gasteiger partial charge in [-0.05, 0) is 36.1 Å². The molecule has 0 heterocycles. The van der Waals surface area contributed by atoms with E-state index >= 15 is 0 Å². The number of anilines is 1. The van der Waals surface area contributed by atoms with Gasteiger partial charge in [0.25, 0.3) is 0 Å². The number of carbonyl (C=O) groups excluding carboxylic acids is 2. The van der Waals surface area contributed by atoms with Crippen LogP contribution in [-0.2, 0) is 32.6 Å². The Balaban J connectivity index is 2.10. The highest BCUT2D eigenvalue weighted by molar-refractivity contribution is 7.92. The number of nitrogens with zero attached hydrogens (tertiary/aromatic N) is 2. The average molecular weight is 596 g/mol. The van der Waals surface area contributed by atoms with E-state index in [2.05, 4.69) is 5.32 Å². The van der Waals surface area contributed by atoms with Crippen LogP contribution in [0.15, 0.2) is 72.8 Å². The number of methoxy groups -OCH3 is 2. The molecule has 0 saturated heterocycles. The van der Waals surface area contributed by atoms with Crippen LogP contribution >= 0.6 is 0 Å². The van der Waals surface area contributed by atoms with Crippen molar-refractivity contribution in [2.24, 2.45) is 5.92 Å². The van der Waals surface area contributed by atoms with Crippen LogP contribution in [0.5, 0.6) is 11.5 Å². The number of hydrogen-bond acceptors (Lipinski definition) is 6. The molecule has 2 amide bonds. The Morgan fingerprint density at radius 2 is 1.60 bits per heavy atom. The maximum Gasteiger partial charge on any atom is 0.244 e. The SMILES string of the molecule is COc1ccc(OC)c(N(CC(=O)N(Cc2cccc(C)c2)[C@@H](Cc2ccccc2)C(=O)NCC(C)C)S(C)(=O)=O)c1. The van der Waals surface area contributed by atoms with Crippen LogP contribution in [0.1, 0.15) is 30.5 Å². The van der Waals surface area contributed by atoms with Crippen LogP contribution in [0, 0.1) is 12.8 Å². The summed E-state index contributed by atoms with van der Waals surface area (Å²) in [4.78, 5) is 29.5. The Bertz CT molecular complexity index is 1460. The Morgan fingerprint density at radius 1 is 0.905 bits per heavy atom. The molecule has 0 aliphatic rings. The molecule has 1 atom stereocenters. The molecular weight excluding hydrogens is 554 g/mol. The fraction of sp³-hybridized carbons (Fsp3) is 0.375. The van der Waals surface area contributed by atoms with Gasteiger partial charge in [-0.15, -0.1) is 0 Å². The second-order valence-corrected chi connectivity index (χ2v) is 12.6. The van der Waals surface area contributed by atoms with Crippen molar-refractivity contribution in [2.75, 3.05) is 37.9 Å². The summed E-state index contributed by atoms with van der Waals surface area (Å²) in [6.45, 7) is 5.94. The summed E-state index contributed by atoms with van der Waals surface area (Å²) in [5, 5.41) is 2.98. The number of aryl methyl sites for hydroxylation is 1. The molecule has 0 aromatic heterocycles. The highest BCUT2D eigenvalue weighted by atomic mass is 32.2. The summed E-state index contributed by atoms with van der Waals surface area (Å²) in [5.41, 5.74) is 2.86. The highest BCUT2D eigenvalue weighted by Crippen LogP contribution is 2.34. The molecule has 42 heavy (non-hydrogen) atoms. The molecule has 9 nitrogen and oxygen atoms in total. The van der Waals surface area contributed by atoms with E-state index in [0.29, 0.717) is 12.3 Å². The van der Waals surface area contributed by atoms with Gasteiger partial charge in [0, 0.05) is 25.6 Å². The van der Waals surface area contributed by atoms with Gasteiger partial charge in [0.2, 0.25) is 21.8 Å². The second-order valence-electron chi connectivity index (χ2n) is 10.7. The summed E-state index contributed by atoms with van der Waals surface area (Å²) in [6, 6.07) is 21.0. The van der Waals surface area contributed by atoms with Crippen molar-refractivity contribution in [1.29, 1.82) is 0 Å². The molecule has 0 unspecified atom stereocenters. The van der Waals surface area contributed by atoms with Gasteiger partial charge in [-0.3, -0.25) is 13.9 Å². The van der Waals surface area contributed by atoms with Crippen LogP contribution in [0.2, 0.25) is 0 Å². The summed E-state index contributed by atoms with van der Waals surface area (Å²) < 4.78 is 38.0. The standard InChI is InChI=1S/C32H41N3O6S/c1-23(2)20-33-32(37)29(18-25-12-8-7-9-13-25)34(21-26-14-10-11-24(3)17-26)31(36)22-35(42(6,38)39)28-19-27(40-4)15-16-30(28)41-5/h7-17,19,23,29H,18,20-22H2,1-6H3,(H,33,37)/t29-/m0/s1. The number of rotatable bonds is 14. The van der Waals surface area contributed by atoms with E-state index in [1.54, 1.807) is 12.1 Å². The topological polar surface area (TPSA) is 105 Å². The lowest BCUT2D eigenvalue weighted by molar-refractivity contribution is -0.140. The molecule has 10 heteroatoms. The van der Waals surface area contributed by atoms with Crippen molar-refractivity contribution in [3.63, 3.8) is 0 Å². The van der Waals surface area contributed by atoms with Gasteiger partial charge in [-0.1, -0.05) is 74.0 Å². The summed E-state index contributed by atoms with van der Waals surface area (Å²) in [6.07, 6.45) is 1.28. The first-order valence-corrected chi connectivity index (χ1v) is 15.6. The first kappa shape index (κ1) is 32.5. The van der Waals surface area contributed by atoms with E-state index in [1.807, 2.05) is 75.4 Å². The molecule has 0 fully saturated rings. The summed E-state index contributed by atoms with van der Waals surface area (Å²) in [5.74, 6) is 0.0210. The molecule has 0 aliphatic heterocycles. The Hall–Kier alpha value is -4.05. The fourth-order valence-electron chi connectivity index (χ4n) is 4.57. The molecule has 3 rings (SSSR count). The monoisotopic (exact) mass is 595 g/mol. The molecule has 3 aromatic carbocycles. The first-order valence-electron chi connectivity index (χ1n) is 13.8. The first-order chi connectivity index (χ1) is 19.9. The van der Waals surface area contributed by atoms with Crippen molar-refractivity contribution in [3.05, 3.63) is 89.5 Å². The van der Waals surface area contributed by atoms with Gasteiger partial charge in [-0.25, -0.2) is 8.42 Å². The van der Waals surface area contributed by atoms with E-state index in [0.717, 1.165) is 27.3 Å². The van der Waals surface area contributed by atoms with Crippen molar-refractivity contribution in [3.8, 4) is 11.5 Å². The molecule has 0 radical (unpaired) electrons. The fourth-order valence-corrected chi connectivity index (χ4v) is 5.42. The number of nitrogens with one attached hydrogen (secondary N) is 1. The van der Waals surface area contributed by atoms with Gasteiger partial charge < -0.3 is 19.7 Å². The van der Waals surface area contributed by atoms with Gasteiger partial charge in [0.15, 0.2) is 0 Å². The lowest BCUT2D eigenvalue weighted by Crippen LogP contribution is -2.53. The minimum absolute atomic E-state index is 0.111. The molecule has 0 spiro atoms. The van der Waals surface area contributed by atoms with Crippen molar-refractivity contribution in [1.82, 2.24) is 10.2 Å².